The molecule has 1 saturated carbocycles. The highest BCUT2D eigenvalue weighted by Crippen LogP contribution is 2.38. The lowest BCUT2D eigenvalue weighted by atomic mass is 9.73. The summed E-state index contributed by atoms with van der Waals surface area (Å²) >= 11 is 0. The van der Waals surface area contributed by atoms with Gasteiger partial charge in [0.2, 0.25) is 35.4 Å². The molecular weight excluding hydrogens is 835 g/mol. The number of nitrogens with one attached hydrogen (secondary N) is 5. The molecule has 5 aromatic carbocycles. The highest BCUT2D eigenvalue weighted by atomic mass is 16.2. The molecule has 0 saturated heterocycles. The summed E-state index contributed by atoms with van der Waals surface area (Å²) in [4.78, 5) is 86.9. The van der Waals surface area contributed by atoms with E-state index in [0.29, 0.717) is 25.7 Å². The second kappa shape index (κ2) is 23.4. The van der Waals surface area contributed by atoms with E-state index in [1.807, 2.05) is 121 Å². The molecule has 0 aromatic heterocycles. The molecule has 344 valence electrons. The molecule has 0 unspecified atom stereocenters. The van der Waals surface area contributed by atoms with Crippen LogP contribution in [-0.4, -0.2) is 78.2 Å². The van der Waals surface area contributed by atoms with Crippen LogP contribution in [-0.2, 0) is 48.0 Å². The van der Waals surface area contributed by atoms with Gasteiger partial charge in [0.25, 0.3) is 0 Å². The summed E-state index contributed by atoms with van der Waals surface area (Å²) in [5, 5.41) is 16.2. The molecule has 66 heavy (non-hydrogen) atoms. The first-order valence-electron chi connectivity index (χ1n) is 22.3. The van der Waals surface area contributed by atoms with Crippen LogP contribution in [0, 0.1) is 0 Å². The number of benzene rings is 5. The number of hydrogen-bond donors (Lipinski definition) is 8. The van der Waals surface area contributed by atoms with Gasteiger partial charge < -0.3 is 43.8 Å². The minimum atomic E-state index is -1.34. The SMILES string of the molecule is NC(=O)CNC(=O)[C@H](Cc1ccc2ccccc2c1)NC(=O)[C@H](CCCN=C(N)N)NC(=O)[C@@H](Cc1ccccc1)NC(=O)C1(NC(=O)Cc2ccccc2)CCC(c2ccccc2)CC1. The van der Waals surface area contributed by atoms with Crippen LogP contribution >= 0.6 is 0 Å². The summed E-state index contributed by atoms with van der Waals surface area (Å²) in [5.74, 6) is -3.59. The number of hydrogen-bond acceptors (Lipinski definition) is 7. The largest absolute Gasteiger partial charge is 0.370 e. The van der Waals surface area contributed by atoms with Gasteiger partial charge in [0, 0.05) is 19.4 Å². The quantitative estimate of drug-likeness (QED) is 0.0308. The summed E-state index contributed by atoms with van der Waals surface area (Å²) in [6.45, 7) is -0.315. The molecule has 3 atom stereocenters. The molecule has 6 amide bonds. The number of amides is 6. The first-order valence-corrected chi connectivity index (χ1v) is 22.3. The zero-order valence-electron chi connectivity index (χ0n) is 36.9. The molecule has 15 heteroatoms. The molecule has 0 radical (unpaired) electrons. The zero-order chi connectivity index (χ0) is 46.9. The van der Waals surface area contributed by atoms with Crippen molar-refractivity contribution in [1.82, 2.24) is 26.6 Å². The van der Waals surface area contributed by atoms with E-state index in [2.05, 4.69) is 43.7 Å². The van der Waals surface area contributed by atoms with Crippen molar-refractivity contribution < 1.29 is 28.8 Å². The Kier molecular flexibility index (Phi) is 17.0. The standard InChI is InChI=1S/C51H59N9O6/c52-44(61)33-56-46(63)42(31-36-22-23-38-19-10-11-20-40(38)29-36)58-47(64)41(21-12-28-55-50(53)54)57-48(65)43(30-34-13-4-1-5-14-34)59-49(66)51(60-45(62)32-35-15-6-2-7-16-35)26-24-39(25-27-51)37-17-8-3-9-18-37/h1-11,13-20,22-23,29,39,41-43H,12,21,24-28,30-33H2,(H2,52,61)(H,56,63)(H,57,65)(H,58,64)(H,59,66)(H,60,62)(H4,53,54,55)/t39?,41-,42-,43+,51?/m0/s1. The van der Waals surface area contributed by atoms with Gasteiger partial charge in [-0.3, -0.25) is 33.8 Å². The number of carbonyl (C=O) groups excluding carboxylic acids is 6. The number of primary amides is 1. The Labute approximate surface area is 384 Å². The van der Waals surface area contributed by atoms with Gasteiger partial charge in [-0.05, 0) is 77.5 Å². The number of fused-ring (bicyclic) bond motifs is 1. The van der Waals surface area contributed by atoms with E-state index in [1.54, 1.807) is 0 Å². The van der Waals surface area contributed by atoms with E-state index in [4.69, 9.17) is 17.2 Å². The van der Waals surface area contributed by atoms with Crippen LogP contribution < -0.4 is 43.8 Å². The van der Waals surface area contributed by atoms with Gasteiger partial charge in [-0.1, -0.05) is 133 Å². The topological polar surface area (TPSA) is 253 Å². The maximum absolute atomic E-state index is 14.8. The molecule has 11 N–H and O–H groups in total. The van der Waals surface area contributed by atoms with E-state index >= 15 is 0 Å². The van der Waals surface area contributed by atoms with Crippen molar-refractivity contribution in [3.05, 3.63) is 156 Å². The second-order valence-electron chi connectivity index (χ2n) is 16.8. The lowest BCUT2D eigenvalue weighted by Gasteiger charge is -2.40. The van der Waals surface area contributed by atoms with Crippen LogP contribution in [0.2, 0.25) is 0 Å². The van der Waals surface area contributed by atoms with Crippen molar-refractivity contribution in [2.24, 2.45) is 22.2 Å². The second-order valence-corrected chi connectivity index (χ2v) is 16.8. The normalized spacial score (nSPS) is 16.9. The molecular formula is C51H59N9O6. The average Bonchev–Trinajstić information content (AvgIpc) is 3.32. The number of aliphatic imine (C=N–C) groups is 1. The maximum Gasteiger partial charge on any atom is 0.246 e. The number of nitrogens with zero attached hydrogens (tertiary/aromatic N) is 1. The first kappa shape index (κ1) is 47.9. The van der Waals surface area contributed by atoms with E-state index in [0.717, 1.165) is 33.0 Å². The Morgan fingerprint density at radius 1 is 0.606 bits per heavy atom. The maximum atomic E-state index is 14.8. The summed E-state index contributed by atoms with van der Waals surface area (Å²) in [7, 11) is 0. The van der Waals surface area contributed by atoms with Crippen LogP contribution in [0.4, 0.5) is 0 Å². The van der Waals surface area contributed by atoms with Crippen molar-refractivity contribution in [1.29, 1.82) is 0 Å². The number of carbonyl (C=O) groups is 6. The number of rotatable bonds is 21. The molecule has 0 bridgehead atoms. The monoisotopic (exact) mass is 893 g/mol. The van der Waals surface area contributed by atoms with Gasteiger partial charge in [0.15, 0.2) is 5.96 Å². The summed E-state index contributed by atoms with van der Waals surface area (Å²) in [6, 6.07) is 38.2. The summed E-state index contributed by atoms with van der Waals surface area (Å²) in [5.41, 5.74) is 18.6. The lowest BCUT2D eigenvalue weighted by molar-refractivity contribution is -0.138. The van der Waals surface area contributed by atoms with Crippen molar-refractivity contribution >= 4 is 52.2 Å². The molecule has 6 rings (SSSR count). The third kappa shape index (κ3) is 14.0. The van der Waals surface area contributed by atoms with Crippen molar-refractivity contribution in [3.63, 3.8) is 0 Å². The van der Waals surface area contributed by atoms with Crippen LogP contribution in [0.3, 0.4) is 0 Å². The molecule has 1 aliphatic rings. The van der Waals surface area contributed by atoms with Crippen molar-refractivity contribution in [3.8, 4) is 0 Å². The Bertz CT molecular complexity index is 2470. The fourth-order valence-electron chi connectivity index (χ4n) is 8.45. The summed E-state index contributed by atoms with van der Waals surface area (Å²) in [6.07, 6.45) is 2.35. The van der Waals surface area contributed by atoms with Gasteiger partial charge in [0.05, 0.1) is 13.0 Å². The van der Waals surface area contributed by atoms with Crippen molar-refractivity contribution in [2.75, 3.05) is 13.1 Å². The van der Waals surface area contributed by atoms with Crippen LogP contribution in [0.15, 0.2) is 138 Å². The van der Waals surface area contributed by atoms with Gasteiger partial charge in [-0.25, -0.2) is 0 Å². The van der Waals surface area contributed by atoms with Crippen LogP contribution in [0.1, 0.15) is 66.7 Å². The molecule has 1 fully saturated rings. The van der Waals surface area contributed by atoms with Gasteiger partial charge in [-0.2, -0.15) is 0 Å². The van der Waals surface area contributed by atoms with Crippen LogP contribution in [0.5, 0.6) is 0 Å². The third-order valence-corrected chi connectivity index (χ3v) is 11.9. The van der Waals surface area contributed by atoms with E-state index < -0.39 is 59.7 Å². The van der Waals surface area contributed by atoms with Gasteiger partial charge in [-0.15, -0.1) is 0 Å². The highest BCUT2D eigenvalue weighted by Gasteiger charge is 2.45. The van der Waals surface area contributed by atoms with E-state index in [-0.39, 0.29) is 56.4 Å². The third-order valence-electron chi connectivity index (χ3n) is 11.9. The molecule has 0 aliphatic heterocycles. The highest BCUT2D eigenvalue weighted by molar-refractivity contribution is 5.98. The minimum Gasteiger partial charge on any atom is -0.370 e. The molecule has 5 aromatic rings. The smallest absolute Gasteiger partial charge is 0.246 e. The predicted octanol–water partition coefficient (Wildman–Crippen LogP) is 3.19. The fraction of sp³-hybridized carbons (Fsp3) is 0.314. The van der Waals surface area contributed by atoms with Crippen molar-refractivity contribution in [2.45, 2.75) is 87.4 Å². The molecule has 15 nitrogen and oxygen atoms in total. The average molecular weight is 894 g/mol. The predicted molar refractivity (Wildman–Crippen MR) is 254 cm³/mol. The number of guanidine groups is 1. The molecule has 0 heterocycles. The Balaban J connectivity index is 1.26. The summed E-state index contributed by atoms with van der Waals surface area (Å²) < 4.78 is 0. The lowest BCUT2D eigenvalue weighted by Crippen LogP contribution is -2.64. The Hall–Kier alpha value is -7.55. The Morgan fingerprint density at radius 3 is 1.82 bits per heavy atom. The van der Waals surface area contributed by atoms with Gasteiger partial charge in [0.1, 0.15) is 23.7 Å². The Morgan fingerprint density at radius 2 is 1.17 bits per heavy atom. The first-order chi connectivity index (χ1) is 31.9. The number of nitrogens with two attached hydrogens (primary N) is 3. The van der Waals surface area contributed by atoms with Gasteiger partial charge >= 0.3 is 0 Å². The fourth-order valence-corrected chi connectivity index (χ4v) is 8.45. The minimum absolute atomic E-state index is 0.0474. The van der Waals surface area contributed by atoms with E-state index in [9.17, 15) is 28.8 Å². The van der Waals surface area contributed by atoms with E-state index in [1.165, 1.54) is 0 Å². The molecule has 0 spiro atoms. The van der Waals surface area contributed by atoms with Crippen LogP contribution in [0.25, 0.3) is 10.8 Å². The zero-order valence-corrected chi connectivity index (χ0v) is 36.9. The molecule has 1 aliphatic carbocycles.